The van der Waals surface area contributed by atoms with Crippen molar-refractivity contribution in [3.8, 4) is 5.75 Å². The molecule has 1 unspecified atom stereocenters. The van der Waals surface area contributed by atoms with Crippen LogP contribution in [0.2, 0.25) is 0 Å². The van der Waals surface area contributed by atoms with E-state index in [4.69, 9.17) is 8.92 Å². The Balaban J connectivity index is 2.00. The van der Waals surface area contributed by atoms with E-state index < -0.39 is 21.3 Å². The highest BCUT2D eigenvalue weighted by Gasteiger charge is 2.24. The van der Waals surface area contributed by atoms with Crippen LogP contribution in [0.5, 0.6) is 5.75 Å². The predicted octanol–water partition coefficient (Wildman–Crippen LogP) is 3.80. The van der Waals surface area contributed by atoms with Gasteiger partial charge in [-0.1, -0.05) is 37.3 Å². The zero-order valence-electron chi connectivity index (χ0n) is 17.2. The minimum atomic E-state index is -3.81. The fraction of sp³-hybridized carbons (Fsp3) is 0.300. The number of rotatable bonds is 9. The first kappa shape index (κ1) is 22.4. The van der Waals surface area contributed by atoms with E-state index in [1.807, 2.05) is 37.3 Å². The number of nitro benzene ring substituents is 1. The number of benzene rings is 2. The minimum absolute atomic E-state index is 0.109. The first-order valence-corrected chi connectivity index (χ1v) is 11.3. The van der Waals surface area contributed by atoms with Gasteiger partial charge in [-0.25, -0.2) is 14.2 Å². The number of ether oxygens (including phenoxy) is 1. The summed E-state index contributed by atoms with van der Waals surface area (Å²) in [6.07, 6.45) is 1.17. The maximum atomic E-state index is 11.7. The lowest BCUT2D eigenvalue weighted by atomic mass is 10.1. The van der Waals surface area contributed by atoms with Crippen LogP contribution in [-0.2, 0) is 14.3 Å². The van der Waals surface area contributed by atoms with Crippen molar-refractivity contribution in [3.63, 3.8) is 0 Å². The van der Waals surface area contributed by atoms with Crippen molar-refractivity contribution >= 4 is 32.5 Å². The molecule has 1 heterocycles. The summed E-state index contributed by atoms with van der Waals surface area (Å²) in [6.45, 7) is 3.58. The van der Waals surface area contributed by atoms with Gasteiger partial charge in [0.25, 0.3) is 10.1 Å². The molecule has 0 saturated carbocycles. The summed E-state index contributed by atoms with van der Waals surface area (Å²) in [4.78, 5) is 19.5. The van der Waals surface area contributed by atoms with E-state index in [1.165, 1.54) is 18.5 Å². The summed E-state index contributed by atoms with van der Waals surface area (Å²) in [5.41, 5.74) is 1.06. The van der Waals surface area contributed by atoms with Crippen LogP contribution >= 0.6 is 0 Å². The molecule has 11 heteroatoms. The number of fused-ring (bicyclic) bond motifs is 1. The second-order valence-electron chi connectivity index (χ2n) is 6.85. The monoisotopic (exact) mass is 446 g/mol. The Bertz CT molecular complexity index is 1190. The van der Waals surface area contributed by atoms with E-state index in [0.717, 1.165) is 11.8 Å². The van der Waals surface area contributed by atoms with Crippen LogP contribution in [-0.4, -0.2) is 35.9 Å². The summed E-state index contributed by atoms with van der Waals surface area (Å²) in [7, 11) is -3.81. The van der Waals surface area contributed by atoms with Crippen LogP contribution < -0.4 is 10.1 Å². The number of anilines is 1. The molecule has 0 aliphatic heterocycles. The molecule has 0 radical (unpaired) electrons. The highest BCUT2D eigenvalue weighted by Crippen LogP contribution is 2.35. The molecule has 3 aromatic rings. The maximum absolute atomic E-state index is 11.7. The van der Waals surface area contributed by atoms with Gasteiger partial charge in [0.2, 0.25) is 12.0 Å². The Hall–Kier alpha value is -3.31. The molecule has 2 atom stereocenters. The van der Waals surface area contributed by atoms with Crippen molar-refractivity contribution < 1.29 is 22.3 Å². The third-order valence-corrected chi connectivity index (χ3v) is 5.00. The topological polar surface area (TPSA) is 134 Å². The molecule has 0 aliphatic rings. The largest absolute Gasteiger partial charge is 0.456 e. The van der Waals surface area contributed by atoms with Crippen LogP contribution in [0, 0.1) is 10.1 Å². The van der Waals surface area contributed by atoms with Crippen molar-refractivity contribution in [1.82, 2.24) is 9.97 Å². The van der Waals surface area contributed by atoms with Gasteiger partial charge in [-0.05, 0) is 12.5 Å². The second-order valence-corrected chi connectivity index (χ2v) is 8.45. The van der Waals surface area contributed by atoms with Crippen molar-refractivity contribution in [3.05, 3.63) is 64.5 Å². The summed E-state index contributed by atoms with van der Waals surface area (Å²) >= 11 is 0. The van der Waals surface area contributed by atoms with Crippen molar-refractivity contribution in [2.24, 2.45) is 0 Å². The smallest absolute Gasteiger partial charge is 0.311 e. The standard InChI is InChI=1S/C20H22N4O6S/c1-4-19(30-31(3,27)28)29-18-11-16-15(10-17(18)24(25)26)20(22-12-21-16)23-13(2)14-8-6-5-7-9-14/h5-13,19H,4H2,1-3H3,(H,21,22,23)/t13-,19?/m1/s1. The molecule has 164 valence electrons. The molecule has 0 amide bonds. The lowest BCUT2D eigenvalue weighted by Gasteiger charge is -2.18. The molecular formula is C20H22N4O6S. The van der Waals surface area contributed by atoms with Crippen LogP contribution in [0.3, 0.4) is 0 Å². The van der Waals surface area contributed by atoms with Gasteiger partial charge in [0, 0.05) is 30.0 Å². The van der Waals surface area contributed by atoms with Gasteiger partial charge in [-0.3, -0.25) is 10.1 Å². The lowest BCUT2D eigenvalue weighted by Crippen LogP contribution is -2.23. The van der Waals surface area contributed by atoms with E-state index in [0.29, 0.717) is 16.7 Å². The van der Waals surface area contributed by atoms with Gasteiger partial charge in [0.1, 0.15) is 12.1 Å². The molecule has 3 rings (SSSR count). The Morgan fingerprint density at radius 2 is 1.90 bits per heavy atom. The molecule has 1 N–H and O–H groups in total. The van der Waals surface area contributed by atoms with Gasteiger partial charge in [-0.2, -0.15) is 8.42 Å². The molecule has 10 nitrogen and oxygen atoms in total. The Morgan fingerprint density at radius 1 is 1.19 bits per heavy atom. The first-order chi connectivity index (χ1) is 14.7. The summed E-state index contributed by atoms with van der Waals surface area (Å²) in [6, 6.07) is 12.2. The van der Waals surface area contributed by atoms with Gasteiger partial charge in [0.05, 0.1) is 16.7 Å². The third-order valence-electron chi connectivity index (χ3n) is 4.44. The van der Waals surface area contributed by atoms with Gasteiger partial charge >= 0.3 is 5.69 Å². The average Bonchev–Trinajstić information content (AvgIpc) is 2.72. The quantitative estimate of drug-likeness (QED) is 0.225. The highest BCUT2D eigenvalue weighted by atomic mass is 32.2. The van der Waals surface area contributed by atoms with Gasteiger partial charge < -0.3 is 10.1 Å². The van der Waals surface area contributed by atoms with Crippen LogP contribution in [0.1, 0.15) is 31.9 Å². The highest BCUT2D eigenvalue weighted by molar-refractivity contribution is 7.86. The second kappa shape index (κ2) is 9.23. The zero-order valence-corrected chi connectivity index (χ0v) is 18.0. The van der Waals surface area contributed by atoms with Crippen molar-refractivity contribution in [1.29, 1.82) is 0 Å². The summed E-state index contributed by atoms with van der Waals surface area (Å²) in [5, 5.41) is 15.4. The average molecular weight is 446 g/mol. The fourth-order valence-electron chi connectivity index (χ4n) is 2.96. The third kappa shape index (κ3) is 5.64. The number of nitro groups is 1. The Labute approximate surface area is 179 Å². The molecule has 2 aromatic carbocycles. The van der Waals surface area contributed by atoms with E-state index >= 15 is 0 Å². The first-order valence-electron chi connectivity index (χ1n) is 9.47. The molecule has 1 aromatic heterocycles. The molecule has 0 aliphatic carbocycles. The van der Waals surface area contributed by atoms with E-state index in [1.54, 1.807) is 6.92 Å². The lowest BCUT2D eigenvalue weighted by molar-refractivity contribution is -0.386. The Kier molecular flexibility index (Phi) is 6.66. The summed E-state index contributed by atoms with van der Waals surface area (Å²) in [5.74, 6) is 0.282. The normalized spacial score (nSPS) is 13.5. The maximum Gasteiger partial charge on any atom is 0.311 e. The number of nitrogens with zero attached hydrogens (tertiary/aromatic N) is 3. The Morgan fingerprint density at radius 3 is 2.52 bits per heavy atom. The minimum Gasteiger partial charge on any atom is -0.456 e. The summed E-state index contributed by atoms with van der Waals surface area (Å²) < 4.78 is 33.2. The van der Waals surface area contributed by atoms with Gasteiger partial charge in [0.15, 0.2) is 0 Å². The molecule has 0 fully saturated rings. The number of nitrogens with one attached hydrogen (secondary N) is 1. The molecule has 0 spiro atoms. The van der Waals surface area contributed by atoms with E-state index in [2.05, 4.69) is 15.3 Å². The molecule has 0 saturated heterocycles. The van der Waals surface area contributed by atoms with Crippen LogP contribution in [0.4, 0.5) is 11.5 Å². The van der Waals surface area contributed by atoms with Gasteiger partial charge in [-0.15, -0.1) is 0 Å². The SMILES string of the molecule is CCC(Oc1cc2ncnc(N[C@H](C)c3ccccc3)c2cc1[N+](=O)[O-])OS(C)(=O)=O. The predicted molar refractivity (Wildman–Crippen MR) is 115 cm³/mol. The number of aromatic nitrogens is 2. The van der Waals surface area contributed by atoms with Crippen molar-refractivity contribution in [2.45, 2.75) is 32.6 Å². The number of hydrogen-bond acceptors (Lipinski definition) is 9. The molecule has 31 heavy (non-hydrogen) atoms. The molecule has 0 bridgehead atoms. The van der Waals surface area contributed by atoms with E-state index in [-0.39, 0.29) is 23.9 Å². The van der Waals surface area contributed by atoms with Crippen LogP contribution in [0.15, 0.2) is 48.8 Å². The molecular weight excluding hydrogens is 424 g/mol. The van der Waals surface area contributed by atoms with Crippen LogP contribution in [0.25, 0.3) is 10.9 Å². The number of hydrogen-bond donors (Lipinski definition) is 1. The van der Waals surface area contributed by atoms with E-state index in [9.17, 15) is 18.5 Å². The fourth-order valence-corrected chi connectivity index (χ4v) is 3.53. The van der Waals surface area contributed by atoms with Crippen molar-refractivity contribution in [2.75, 3.05) is 11.6 Å². The zero-order chi connectivity index (χ0) is 22.6.